The molecule has 0 unspecified atom stereocenters. The van der Waals surface area contributed by atoms with E-state index in [1.54, 1.807) is 18.2 Å². The van der Waals surface area contributed by atoms with Crippen LogP contribution in [0, 0.1) is 10.1 Å². The highest BCUT2D eigenvalue weighted by molar-refractivity contribution is 5.94. The number of hydrogen-bond acceptors (Lipinski definition) is 6. The standard InChI is InChI=1S/C14H15NO6/c1-10(16)7-14(17)21-9-13(20-2)8-11-3-5-12(6-4-11)15(18)19/h3-6,8H,7,9H2,1-2H3/b13-8-. The van der Waals surface area contributed by atoms with Crippen LogP contribution in [0.25, 0.3) is 6.08 Å². The number of ether oxygens (including phenoxy) is 2. The van der Waals surface area contributed by atoms with Gasteiger partial charge >= 0.3 is 5.97 Å². The molecule has 0 fully saturated rings. The third-order valence-electron chi connectivity index (χ3n) is 2.46. The van der Waals surface area contributed by atoms with Crippen LogP contribution < -0.4 is 0 Å². The zero-order valence-corrected chi connectivity index (χ0v) is 11.7. The van der Waals surface area contributed by atoms with Crippen LogP contribution in [-0.2, 0) is 19.1 Å². The lowest BCUT2D eigenvalue weighted by atomic mass is 10.2. The quantitative estimate of drug-likeness (QED) is 0.251. The third kappa shape index (κ3) is 5.85. The van der Waals surface area contributed by atoms with Crippen molar-refractivity contribution in [1.82, 2.24) is 0 Å². The molecule has 1 aromatic rings. The molecule has 0 aliphatic rings. The number of methoxy groups -OCH3 is 1. The van der Waals surface area contributed by atoms with Gasteiger partial charge in [-0.25, -0.2) is 0 Å². The summed E-state index contributed by atoms with van der Waals surface area (Å²) in [4.78, 5) is 32.0. The molecule has 0 radical (unpaired) electrons. The van der Waals surface area contributed by atoms with Gasteiger partial charge in [0.25, 0.3) is 5.69 Å². The summed E-state index contributed by atoms with van der Waals surface area (Å²) in [6, 6.07) is 5.82. The van der Waals surface area contributed by atoms with Crippen molar-refractivity contribution in [2.75, 3.05) is 13.7 Å². The van der Waals surface area contributed by atoms with Crippen molar-refractivity contribution in [1.29, 1.82) is 0 Å². The number of hydrogen-bond donors (Lipinski definition) is 0. The van der Waals surface area contributed by atoms with E-state index >= 15 is 0 Å². The molecule has 0 bridgehead atoms. The van der Waals surface area contributed by atoms with E-state index in [2.05, 4.69) is 0 Å². The largest absolute Gasteiger partial charge is 0.497 e. The predicted octanol–water partition coefficient (Wildman–Crippen LogP) is 2.10. The second kappa shape index (κ2) is 7.78. The van der Waals surface area contributed by atoms with Crippen LogP contribution in [0.3, 0.4) is 0 Å². The van der Waals surface area contributed by atoms with Gasteiger partial charge in [-0.3, -0.25) is 19.7 Å². The molecule has 0 aromatic heterocycles. The maximum absolute atomic E-state index is 11.2. The molecule has 1 aromatic carbocycles. The van der Waals surface area contributed by atoms with E-state index in [0.29, 0.717) is 11.3 Å². The van der Waals surface area contributed by atoms with E-state index in [9.17, 15) is 19.7 Å². The summed E-state index contributed by atoms with van der Waals surface area (Å²) in [6.45, 7) is 1.19. The number of non-ortho nitro benzene ring substituents is 1. The predicted molar refractivity (Wildman–Crippen MR) is 74.3 cm³/mol. The molecular formula is C14H15NO6. The number of esters is 1. The molecule has 0 saturated carbocycles. The van der Waals surface area contributed by atoms with Gasteiger partial charge in [0.05, 0.1) is 12.0 Å². The van der Waals surface area contributed by atoms with Crippen molar-refractivity contribution < 1.29 is 24.0 Å². The molecular weight excluding hydrogens is 278 g/mol. The van der Waals surface area contributed by atoms with Crippen molar-refractivity contribution in [3.63, 3.8) is 0 Å². The normalized spacial score (nSPS) is 10.9. The van der Waals surface area contributed by atoms with Gasteiger partial charge in [-0.15, -0.1) is 0 Å². The average Bonchev–Trinajstić information content (AvgIpc) is 2.43. The SMILES string of the molecule is CO/C(=C\c1ccc([N+](=O)[O-])cc1)COC(=O)CC(C)=O. The van der Waals surface area contributed by atoms with E-state index in [0.717, 1.165) is 0 Å². The number of rotatable bonds is 7. The Morgan fingerprint density at radius 1 is 1.29 bits per heavy atom. The van der Waals surface area contributed by atoms with Gasteiger partial charge in [-0.1, -0.05) is 0 Å². The zero-order valence-electron chi connectivity index (χ0n) is 11.7. The van der Waals surface area contributed by atoms with Gasteiger partial charge in [0.15, 0.2) is 0 Å². The van der Waals surface area contributed by atoms with Crippen molar-refractivity contribution in [3.8, 4) is 0 Å². The number of ketones is 1. The van der Waals surface area contributed by atoms with Gasteiger partial charge in [0.1, 0.15) is 24.6 Å². The fraction of sp³-hybridized carbons (Fsp3) is 0.286. The van der Waals surface area contributed by atoms with Crippen LogP contribution in [0.1, 0.15) is 18.9 Å². The van der Waals surface area contributed by atoms with Crippen LogP contribution in [0.15, 0.2) is 30.0 Å². The topological polar surface area (TPSA) is 95.7 Å². The molecule has 21 heavy (non-hydrogen) atoms. The van der Waals surface area contributed by atoms with E-state index in [1.807, 2.05) is 0 Å². The number of nitrogens with zero attached hydrogens (tertiary/aromatic N) is 1. The lowest BCUT2D eigenvalue weighted by molar-refractivity contribution is -0.384. The Morgan fingerprint density at radius 3 is 2.38 bits per heavy atom. The van der Waals surface area contributed by atoms with Crippen molar-refractivity contribution in [2.45, 2.75) is 13.3 Å². The summed E-state index contributed by atoms with van der Waals surface area (Å²) in [5.74, 6) is -0.548. The molecule has 7 nitrogen and oxygen atoms in total. The summed E-state index contributed by atoms with van der Waals surface area (Å²) in [7, 11) is 1.41. The second-order valence-electron chi connectivity index (χ2n) is 4.20. The molecule has 0 amide bonds. The molecule has 0 heterocycles. The fourth-order valence-corrected chi connectivity index (χ4v) is 1.44. The molecule has 0 aliphatic carbocycles. The maximum atomic E-state index is 11.2. The van der Waals surface area contributed by atoms with E-state index < -0.39 is 10.9 Å². The molecule has 1 rings (SSSR count). The highest BCUT2D eigenvalue weighted by Crippen LogP contribution is 2.14. The number of nitro groups is 1. The zero-order chi connectivity index (χ0) is 15.8. The summed E-state index contributed by atoms with van der Waals surface area (Å²) in [5.41, 5.74) is 0.652. The number of carbonyl (C=O) groups is 2. The molecule has 7 heteroatoms. The smallest absolute Gasteiger partial charge is 0.313 e. The van der Waals surface area contributed by atoms with Gasteiger partial charge in [0.2, 0.25) is 0 Å². The van der Waals surface area contributed by atoms with E-state index in [-0.39, 0.29) is 24.5 Å². The van der Waals surface area contributed by atoms with Gasteiger partial charge < -0.3 is 9.47 Å². The maximum Gasteiger partial charge on any atom is 0.313 e. The van der Waals surface area contributed by atoms with E-state index in [1.165, 1.54) is 26.2 Å². The number of carbonyl (C=O) groups excluding carboxylic acids is 2. The first-order chi connectivity index (χ1) is 9.92. The summed E-state index contributed by atoms with van der Waals surface area (Å²) in [5, 5.41) is 10.5. The Balaban J connectivity index is 2.68. The lowest BCUT2D eigenvalue weighted by Gasteiger charge is -2.07. The van der Waals surface area contributed by atoms with Crippen LogP contribution in [-0.4, -0.2) is 30.4 Å². The van der Waals surface area contributed by atoms with Gasteiger partial charge in [-0.05, 0) is 30.7 Å². The van der Waals surface area contributed by atoms with Crippen molar-refractivity contribution >= 4 is 23.5 Å². The Hall–Kier alpha value is -2.70. The monoisotopic (exact) mass is 293 g/mol. The molecule has 0 atom stereocenters. The number of Topliss-reactive ketones (excluding diaryl/α,β-unsaturated/α-hetero) is 1. The first kappa shape index (κ1) is 16.4. The minimum atomic E-state index is -0.630. The van der Waals surface area contributed by atoms with Crippen LogP contribution in [0.4, 0.5) is 5.69 Å². The van der Waals surface area contributed by atoms with Crippen LogP contribution in [0.5, 0.6) is 0 Å². The minimum absolute atomic E-state index is 0.0148. The minimum Gasteiger partial charge on any atom is -0.497 e. The molecule has 0 aliphatic heterocycles. The Kier molecular flexibility index (Phi) is 6.06. The van der Waals surface area contributed by atoms with E-state index in [4.69, 9.17) is 9.47 Å². The summed E-state index contributed by atoms with van der Waals surface area (Å²) in [6.07, 6.45) is 1.30. The lowest BCUT2D eigenvalue weighted by Crippen LogP contribution is -2.11. The Labute approximate surface area is 121 Å². The summed E-state index contributed by atoms with van der Waals surface area (Å²) < 4.78 is 9.93. The van der Waals surface area contributed by atoms with Crippen molar-refractivity contribution in [3.05, 3.63) is 45.7 Å². The van der Waals surface area contributed by atoms with Crippen LogP contribution >= 0.6 is 0 Å². The number of benzene rings is 1. The van der Waals surface area contributed by atoms with Gasteiger partial charge in [-0.2, -0.15) is 0 Å². The highest BCUT2D eigenvalue weighted by atomic mass is 16.6. The fourth-order valence-electron chi connectivity index (χ4n) is 1.44. The first-order valence-corrected chi connectivity index (χ1v) is 6.06. The third-order valence-corrected chi connectivity index (χ3v) is 2.46. The first-order valence-electron chi connectivity index (χ1n) is 6.06. The Bertz CT molecular complexity index is 561. The average molecular weight is 293 g/mol. The van der Waals surface area contributed by atoms with Gasteiger partial charge in [0, 0.05) is 12.1 Å². The van der Waals surface area contributed by atoms with Crippen LogP contribution in [0.2, 0.25) is 0 Å². The molecule has 0 saturated heterocycles. The number of nitro benzene ring substituents is 1. The highest BCUT2D eigenvalue weighted by Gasteiger charge is 2.08. The second-order valence-corrected chi connectivity index (χ2v) is 4.20. The molecule has 0 spiro atoms. The molecule has 0 N–H and O–H groups in total. The summed E-state index contributed by atoms with van der Waals surface area (Å²) >= 11 is 0. The Morgan fingerprint density at radius 2 is 1.90 bits per heavy atom. The van der Waals surface area contributed by atoms with Crippen molar-refractivity contribution in [2.24, 2.45) is 0 Å². The molecule has 112 valence electrons.